The first-order valence-electron chi connectivity index (χ1n) is 9.78. The van der Waals surface area contributed by atoms with E-state index in [-0.39, 0.29) is 18.7 Å². The van der Waals surface area contributed by atoms with Crippen LogP contribution in [0.5, 0.6) is 11.5 Å². The van der Waals surface area contributed by atoms with Crippen LogP contribution in [-0.4, -0.2) is 49.8 Å². The van der Waals surface area contributed by atoms with Gasteiger partial charge in [0.1, 0.15) is 0 Å². The minimum Gasteiger partial charge on any atom is -0.454 e. The summed E-state index contributed by atoms with van der Waals surface area (Å²) in [6.45, 7) is 10.1. The molecule has 0 spiro atoms. The van der Waals surface area contributed by atoms with E-state index in [1.807, 2.05) is 25.1 Å². The van der Waals surface area contributed by atoms with E-state index in [0.29, 0.717) is 11.5 Å². The Labute approximate surface area is 166 Å². The summed E-state index contributed by atoms with van der Waals surface area (Å²) in [5, 5.41) is 3.00. The molecule has 2 heterocycles. The third-order valence-electron chi connectivity index (χ3n) is 5.80. The number of piperazine rings is 1. The molecule has 148 valence electrons. The number of nitrogens with one attached hydrogen (secondary N) is 1. The van der Waals surface area contributed by atoms with Crippen molar-refractivity contribution in [2.24, 2.45) is 0 Å². The Morgan fingerprint density at radius 2 is 1.79 bits per heavy atom. The van der Waals surface area contributed by atoms with Crippen LogP contribution in [0.15, 0.2) is 36.4 Å². The second-order valence-electron chi connectivity index (χ2n) is 7.48. The van der Waals surface area contributed by atoms with Crippen LogP contribution in [0.25, 0.3) is 0 Å². The normalized spacial score (nSPS) is 17.5. The number of nitrogens with zero attached hydrogens (tertiary/aromatic N) is 2. The van der Waals surface area contributed by atoms with Crippen molar-refractivity contribution in [3.05, 3.63) is 47.5 Å². The van der Waals surface area contributed by atoms with Gasteiger partial charge in [0, 0.05) is 43.6 Å². The van der Waals surface area contributed by atoms with E-state index in [9.17, 15) is 4.79 Å². The zero-order chi connectivity index (χ0) is 19.7. The maximum atomic E-state index is 12.7. The summed E-state index contributed by atoms with van der Waals surface area (Å²) in [6, 6.07) is 11.7. The van der Waals surface area contributed by atoms with Crippen molar-refractivity contribution < 1.29 is 14.3 Å². The molecule has 2 aromatic rings. The Bertz CT molecular complexity index is 875. The van der Waals surface area contributed by atoms with Crippen LogP contribution in [0.3, 0.4) is 0 Å². The van der Waals surface area contributed by atoms with Crippen LogP contribution in [0.1, 0.15) is 18.1 Å². The van der Waals surface area contributed by atoms with Gasteiger partial charge in [-0.1, -0.05) is 12.1 Å². The Hall–Kier alpha value is -2.73. The van der Waals surface area contributed by atoms with Crippen molar-refractivity contribution in [3.8, 4) is 11.5 Å². The molecule has 1 amide bonds. The number of ether oxygens (including phenoxy) is 2. The quantitative estimate of drug-likeness (QED) is 0.882. The highest BCUT2D eigenvalue weighted by Gasteiger charge is 2.26. The first-order valence-corrected chi connectivity index (χ1v) is 9.78. The van der Waals surface area contributed by atoms with Crippen LogP contribution in [-0.2, 0) is 4.79 Å². The Morgan fingerprint density at radius 1 is 1.04 bits per heavy atom. The molecule has 6 heteroatoms. The molecule has 28 heavy (non-hydrogen) atoms. The number of amides is 1. The summed E-state index contributed by atoms with van der Waals surface area (Å²) in [5.74, 6) is 1.39. The molecule has 1 saturated heterocycles. The van der Waals surface area contributed by atoms with E-state index in [4.69, 9.17) is 9.47 Å². The summed E-state index contributed by atoms with van der Waals surface area (Å²) >= 11 is 0. The van der Waals surface area contributed by atoms with Gasteiger partial charge in [-0.3, -0.25) is 9.69 Å². The fourth-order valence-electron chi connectivity index (χ4n) is 3.82. The Morgan fingerprint density at radius 3 is 2.57 bits per heavy atom. The number of hydrogen-bond acceptors (Lipinski definition) is 5. The number of hydrogen-bond donors (Lipinski definition) is 1. The molecule has 1 N–H and O–H groups in total. The molecular formula is C22H27N3O3. The molecule has 2 aliphatic rings. The van der Waals surface area contributed by atoms with Crippen molar-refractivity contribution in [3.63, 3.8) is 0 Å². The van der Waals surface area contributed by atoms with Gasteiger partial charge >= 0.3 is 0 Å². The molecule has 0 bridgehead atoms. The monoisotopic (exact) mass is 381 g/mol. The topological polar surface area (TPSA) is 54.0 Å². The predicted molar refractivity (Wildman–Crippen MR) is 110 cm³/mol. The van der Waals surface area contributed by atoms with Gasteiger partial charge in [0.25, 0.3) is 0 Å². The molecule has 0 saturated carbocycles. The summed E-state index contributed by atoms with van der Waals surface area (Å²) in [5.41, 5.74) is 4.69. The number of carbonyl (C=O) groups is 1. The second-order valence-corrected chi connectivity index (χ2v) is 7.48. The zero-order valence-corrected chi connectivity index (χ0v) is 16.7. The third-order valence-corrected chi connectivity index (χ3v) is 5.80. The number of rotatable bonds is 4. The van der Waals surface area contributed by atoms with Crippen molar-refractivity contribution >= 4 is 17.3 Å². The van der Waals surface area contributed by atoms with E-state index < -0.39 is 0 Å². The molecule has 4 rings (SSSR count). The molecular weight excluding hydrogens is 354 g/mol. The van der Waals surface area contributed by atoms with Gasteiger partial charge in [0.05, 0.1) is 6.04 Å². The van der Waals surface area contributed by atoms with Crippen LogP contribution < -0.4 is 19.7 Å². The van der Waals surface area contributed by atoms with Crippen molar-refractivity contribution in [1.29, 1.82) is 0 Å². The van der Waals surface area contributed by atoms with E-state index in [1.165, 1.54) is 16.8 Å². The average Bonchev–Trinajstić information content (AvgIpc) is 3.17. The highest BCUT2D eigenvalue weighted by atomic mass is 16.7. The van der Waals surface area contributed by atoms with Crippen molar-refractivity contribution in [1.82, 2.24) is 4.90 Å². The molecule has 1 unspecified atom stereocenters. The molecule has 2 aromatic carbocycles. The highest BCUT2D eigenvalue weighted by molar-refractivity contribution is 5.94. The minimum atomic E-state index is -0.189. The molecule has 0 aromatic heterocycles. The van der Waals surface area contributed by atoms with E-state index in [1.54, 1.807) is 0 Å². The Balaban J connectivity index is 1.35. The molecule has 0 aliphatic carbocycles. The van der Waals surface area contributed by atoms with Crippen molar-refractivity contribution in [2.75, 3.05) is 43.2 Å². The van der Waals surface area contributed by atoms with Gasteiger partial charge in [-0.2, -0.15) is 0 Å². The predicted octanol–water partition coefficient (Wildman–Crippen LogP) is 3.18. The van der Waals surface area contributed by atoms with Gasteiger partial charge in [-0.25, -0.2) is 0 Å². The van der Waals surface area contributed by atoms with Gasteiger partial charge in [0.15, 0.2) is 11.5 Å². The van der Waals surface area contributed by atoms with Crippen LogP contribution >= 0.6 is 0 Å². The van der Waals surface area contributed by atoms with Gasteiger partial charge < -0.3 is 19.7 Å². The first-order chi connectivity index (χ1) is 13.5. The third kappa shape index (κ3) is 3.64. The van der Waals surface area contributed by atoms with Crippen LogP contribution in [0.4, 0.5) is 11.4 Å². The Kier molecular flexibility index (Phi) is 5.13. The number of aryl methyl sites for hydroxylation is 1. The largest absolute Gasteiger partial charge is 0.454 e. The molecule has 1 fully saturated rings. The maximum Gasteiger partial charge on any atom is 0.241 e. The van der Waals surface area contributed by atoms with Gasteiger partial charge in [-0.05, 0) is 50.1 Å². The fourth-order valence-corrected chi connectivity index (χ4v) is 3.82. The maximum absolute atomic E-state index is 12.7. The first kappa shape index (κ1) is 18.6. The molecule has 1 atom stereocenters. The fraction of sp³-hybridized carbons (Fsp3) is 0.409. The van der Waals surface area contributed by atoms with Crippen molar-refractivity contribution in [2.45, 2.75) is 26.8 Å². The van der Waals surface area contributed by atoms with E-state index >= 15 is 0 Å². The number of carbonyl (C=O) groups excluding carboxylic acids is 1. The summed E-state index contributed by atoms with van der Waals surface area (Å²) in [6.07, 6.45) is 0. The summed E-state index contributed by atoms with van der Waals surface area (Å²) in [4.78, 5) is 17.4. The van der Waals surface area contributed by atoms with Crippen LogP contribution in [0, 0.1) is 13.8 Å². The van der Waals surface area contributed by atoms with Gasteiger partial charge in [-0.15, -0.1) is 0 Å². The van der Waals surface area contributed by atoms with Crippen LogP contribution in [0.2, 0.25) is 0 Å². The summed E-state index contributed by atoms with van der Waals surface area (Å²) in [7, 11) is 0. The molecule has 6 nitrogen and oxygen atoms in total. The zero-order valence-electron chi connectivity index (χ0n) is 16.7. The number of fused-ring (bicyclic) bond motifs is 1. The lowest BCUT2D eigenvalue weighted by Gasteiger charge is -2.39. The smallest absolute Gasteiger partial charge is 0.241 e. The minimum absolute atomic E-state index is 0.000878. The van der Waals surface area contributed by atoms with Gasteiger partial charge in [0.2, 0.25) is 12.7 Å². The second kappa shape index (κ2) is 7.72. The number of anilines is 2. The lowest BCUT2D eigenvalue weighted by molar-refractivity contribution is -0.120. The lowest BCUT2D eigenvalue weighted by atomic mass is 10.1. The standard InChI is InChI=1S/C22H27N3O3/c1-15-5-4-6-19(16(15)2)25-11-9-24(10-12-25)17(3)22(26)23-18-7-8-20-21(13-18)28-14-27-20/h4-8,13,17H,9-12,14H2,1-3H3,(H,23,26). The van der Waals surface area contributed by atoms with E-state index in [2.05, 4.69) is 47.2 Å². The molecule has 0 radical (unpaired) electrons. The highest BCUT2D eigenvalue weighted by Crippen LogP contribution is 2.34. The molecule has 2 aliphatic heterocycles. The summed E-state index contributed by atoms with van der Waals surface area (Å²) < 4.78 is 10.7. The number of benzene rings is 2. The van der Waals surface area contributed by atoms with E-state index in [0.717, 1.165) is 31.9 Å². The average molecular weight is 381 g/mol. The SMILES string of the molecule is Cc1cccc(N2CCN(C(C)C(=O)Nc3ccc4c(c3)OCO4)CC2)c1C. The lowest BCUT2D eigenvalue weighted by Crippen LogP contribution is -2.53.